The number of carbonyl (C=O) groups is 1. The fourth-order valence-corrected chi connectivity index (χ4v) is 1.01. The molecule has 1 rings (SSSR count). The second kappa shape index (κ2) is 4.77. The lowest BCUT2D eigenvalue weighted by atomic mass is 10.2. The predicted octanol–water partition coefficient (Wildman–Crippen LogP) is 1.81. The van der Waals surface area contributed by atoms with Crippen molar-refractivity contribution < 1.29 is 19.0 Å². The topological polar surface area (TPSA) is 44.8 Å². The minimum Gasteiger partial charge on any atom is -0.404 e. The molecule has 0 bridgehead atoms. The van der Waals surface area contributed by atoms with Gasteiger partial charge in [-0.1, -0.05) is 6.58 Å². The third-order valence-electron chi connectivity index (χ3n) is 1.55. The van der Waals surface area contributed by atoms with Gasteiger partial charge in [-0.05, 0) is 12.8 Å². The van der Waals surface area contributed by atoms with Crippen LogP contribution in [0.3, 0.4) is 0 Å². The van der Waals surface area contributed by atoms with Gasteiger partial charge in [0.05, 0.1) is 12.9 Å². The van der Waals surface area contributed by atoms with Gasteiger partial charge in [0.15, 0.2) is 0 Å². The molecule has 1 aliphatic rings. The molecule has 4 nitrogen and oxygen atoms in total. The highest BCUT2D eigenvalue weighted by Gasteiger charge is 2.18. The highest BCUT2D eigenvalue weighted by molar-refractivity contribution is 5.60. The normalized spacial score (nSPS) is 22.8. The maximum Gasteiger partial charge on any atom is 0.515 e. The quantitative estimate of drug-likeness (QED) is 0.470. The monoisotopic (exact) mass is 172 g/mol. The van der Waals surface area contributed by atoms with Crippen LogP contribution in [0.15, 0.2) is 12.8 Å². The summed E-state index contributed by atoms with van der Waals surface area (Å²) in [7, 11) is 0. The van der Waals surface area contributed by atoms with Gasteiger partial charge in [-0.15, -0.1) is 0 Å². The summed E-state index contributed by atoms with van der Waals surface area (Å²) in [4.78, 5) is 10.7. The summed E-state index contributed by atoms with van der Waals surface area (Å²) in [5.74, 6) is 0. The van der Waals surface area contributed by atoms with E-state index in [2.05, 4.69) is 11.3 Å². The molecule has 0 radical (unpaired) electrons. The van der Waals surface area contributed by atoms with Gasteiger partial charge in [0.1, 0.15) is 0 Å². The van der Waals surface area contributed by atoms with E-state index in [0.717, 1.165) is 25.5 Å². The van der Waals surface area contributed by atoms with Crippen molar-refractivity contribution in [1.82, 2.24) is 0 Å². The Labute approximate surface area is 71.1 Å². The molecule has 1 aliphatic heterocycles. The van der Waals surface area contributed by atoms with Gasteiger partial charge >= 0.3 is 6.16 Å². The van der Waals surface area contributed by atoms with Gasteiger partial charge in [0.2, 0.25) is 6.29 Å². The first-order valence-corrected chi connectivity index (χ1v) is 3.92. The molecule has 1 saturated heterocycles. The lowest BCUT2D eigenvalue weighted by molar-refractivity contribution is -0.137. The summed E-state index contributed by atoms with van der Waals surface area (Å²) >= 11 is 0. The van der Waals surface area contributed by atoms with Crippen LogP contribution < -0.4 is 0 Å². The number of ether oxygens (including phenoxy) is 3. The summed E-state index contributed by atoms with van der Waals surface area (Å²) in [6.45, 7) is 3.87. The fraction of sp³-hybridized carbons (Fsp3) is 0.625. The molecule has 12 heavy (non-hydrogen) atoms. The Balaban J connectivity index is 2.19. The van der Waals surface area contributed by atoms with Crippen LogP contribution in [-0.4, -0.2) is 19.1 Å². The van der Waals surface area contributed by atoms with Crippen LogP contribution in [0.1, 0.15) is 19.3 Å². The zero-order chi connectivity index (χ0) is 8.81. The van der Waals surface area contributed by atoms with E-state index < -0.39 is 12.4 Å². The minimum absolute atomic E-state index is 0.439. The molecule has 0 aliphatic carbocycles. The molecule has 0 saturated carbocycles. The van der Waals surface area contributed by atoms with Crippen molar-refractivity contribution in [2.75, 3.05) is 6.61 Å². The first-order chi connectivity index (χ1) is 5.83. The zero-order valence-corrected chi connectivity index (χ0v) is 6.82. The standard InChI is InChI=1S/C8H12O4/c1-2-10-8(9)12-7-5-3-4-6-11-7/h2,7H,1,3-6H2. The first-order valence-electron chi connectivity index (χ1n) is 3.92. The SMILES string of the molecule is C=COC(=O)OC1CCCCO1. The Morgan fingerprint density at radius 1 is 1.58 bits per heavy atom. The Morgan fingerprint density at radius 3 is 3.00 bits per heavy atom. The van der Waals surface area contributed by atoms with E-state index in [4.69, 9.17) is 9.47 Å². The van der Waals surface area contributed by atoms with Crippen LogP contribution in [0.4, 0.5) is 4.79 Å². The molecular weight excluding hydrogens is 160 g/mol. The van der Waals surface area contributed by atoms with Gasteiger partial charge in [-0.25, -0.2) is 4.79 Å². The molecule has 1 fully saturated rings. The fourth-order valence-electron chi connectivity index (χ4n) is 1.01. The summed E-state index contributed by atoms with van der Waals surface area (Å²) < 4.78 is 14.3. The van der Waals surface area contributed by atoms with E-state index in [-0.39, 0.29) is 0 Å². The van der Waals surface area contributed by atoms with E-state index in [0.29, 0.717) is 6.61 Å². The summed E-state index contributed by atoms with van der Waals surface area (Å²) in [5, 5.41) is 0. The van der Waals surface area contributed by atoms with Crippen molar-refractivity contribution >= 4 is 6.16 Å². The van der Waals surface area contributed by atoms with Crippen LogP contribution >= 0.6 is 0 Å². The molecule has 68 valence electrons. The van der Waals surface area contributed by atoms with Gasteiger partial charge < -0.3 is 14.2 Å². The van der Waals surface area contributed by atoms with Crippen LogP contribution in [0.5, 0.6) is 0 Å². The Morgan fingerprint density at radius 2 is 2.42 bits per heavy atom. The van der Waals surface area contributed by atoms with Crippen LogP contribution in [-0.2, 0) is 14.2 Å². The second-order valence-corrected chi connectivity index (χ2v) is 2.45. The number of hydrogen-bond donors (Lipinski definition) is 0. The highest BCUT2D eigenvalue weighted by Crippen LogP contribution is 2.13. The van der Waals surface area contributed by atoms with E-state index in [1.165, 1.54) is 0 Å². The molecule has 0 aromatic heterocycles. The third-order valence-corrected chi connectivity index (χ3v) is 1.55. The maximum atomic E-state index is 10.7. The lowest BCUT2D eigenvalue weighted by Gasteiger charge is -2.21. The predicted molar refractivity (Wildman–Crippen MR) is 41.4 cm³/mol. The number of hydrogen-bond acceptors (Lipinski definition) is 4. The lowest BCUT2D eigenvalue weighted by Crippen LogP contribution is -2.25. The molecule has 1 heterocycles. The van der Waals surface area contributed by atoms with Crippen LogP contribution in [0, 0.1) is 0 Å². The molecule has 0 spiro atoms. The van der Waals surface area contributed by atoms with Gasteiger partial charge in [-0.2, -0.15) is 0 Å². The molecule has 4 heteroatoms. The van der Waals surface area contributed by atoms with Crippen molar-refractivity contribution in [2.24, 2.45) is 0 Å². The second-order valence-electron chi connectivity index (χ2n) is 2.45. The Hall–Kier alpha value is -1.03. The summed E-state index contributed by atoms with van der Waals surface area (Å²) in [5.41, 5.74) is 0. The summed E-state index contributed by atoms with van der Waals surface area (Å²) in [6.07, 6.45) is 2.63. The average molecular weight is 172 g/mol. The van der Waals surface area contributed by atoms with E-state index in [1.807, 2.05) is 0 Å². The molecule has 0 amide bonds. The number of carbonyl (C=O) groups excluding carboxylic acids is 1. The van der Waals surface area contributed by atoms with Crippen LogP contribution in [0.2, 0.25) is 0 Å². The molecule has 0 aromatic rings. The molecule has 1 unspecified atom stereocenters. The smallest absolute Gasteiger partial charge is 0.404 e. The van der Waals surface area contributed by atoms with Gasteiger partial charge in [0, 0.05) is 6.42 Å². The van der Waals surface area contributed by atoms with Crippen molar-refractivity contribution in [3.8, 4) is 0 Å². The van der Waals surface area contributed by atoms with Crippen molar-refractivity contribution in [1.29, 1.82) is 0 Å². The third kappa shape index (κ3) is 2.92. The minimum atomic E-state index is -0.753. The largest absolute Gasteiger partial charge is 0.515 e. The number of rotatable bonds is 2. The maximum absolute atomic E-state index is 10.7. The first kappa shape index (κ1) is 9.06. The van der Waals surface area contributed by atoms with Gasteiger partial charge in [0.25, 0.3) is 0 Å². The Bertz CT molecular complexity index is 160. The van der Waals surface area contributed by atoms with Gasteiger partial charge in [-0.3, -0.25) is 0 Å². The van der Waals surface area contributed by atoms with Crippen LogP contribution in [0.25, 0.3) is 0 Å². The molecule has 0 aromatic carbocycles. The Kier molecular flexibility index (Phi) is 3.60. The zero-order valence-electron chi connectivity index (χ0n) is 6.82. The molecular formula is C8H12O4. The molecule has 1 atom stereocenters. The van der Waals surface area contributed by atoms with E-state index in [1.54, 1.807) is 0 Å². The highest BCUT2D eigenvalue weighted by atomic mass is 16.8. The van der Waals surface area contributed by atoms with E-state index >= 15 is 0 Å². The van der Waals surface area contributed by atoms with Crippen molar-refractivity contribution in [3.63, 3.8) is 0 Å². The van der Waals surface area contributed by atoms with E-state index in [9.17, 15) is 4.79 Å². The summed E-state index contributed by atoms with van der Waals surface area (Å²) in [6, 6.07) is 0. The molecule has 0 N–H and O–H groups in total. The van der Waals surface area contributed by atoms with Crippen molar-refractivity contribution in [2.45, 2.75) is 25.6 Å². The average Bonchev–Trinajstić information content (AvgIpc) is 2.06. The van der Waals surface area contributed by atoms with Crippen molar-refractivity contribution in [3.05, 3.63) is 12.8 Å².